The molecule has 2 rings (SSSR count). The molecule has 0 radical (unpaired) electrons. The molecule has 0 amide bonds. The zero-order chi connectivity index (χ0) is 9.97. The van der Waals surface area contributed by atoms with Gasteiger partial charge in [0.1, 0.15) is 5.75 Å². The molecule has 1 N–H and O–H groups in total. The molecular formula is C12H16O2. The molecule has 0 heterocycles. The van der Waals surface area contributed by atoms with Crippen LogP contribution in [0, 0.1) is 0 Å². The predicted molar refractivity (Wildman–Crippen MR) is 55.3 cm³/mol. The zero-order valence-electron chi connectivity index (χ0n) is 8.44. The van der Waals surface area contributed by atoms with Gasteiger partial charge in [0.25, 0.3) is 0 Å². The van der Waals surface area contributed by atoms with Crippen LogP contribution in [0.3, 0.4) is 0 Å². The van der Waals surface area contributed by atoms with Gasteiger partial charge in [0.2, 0.25) is 0 Å². The first-order valence-electron chi connectivity index (χ1n) is 5.21. The molecule has 1 atom stereocenters. The van der Waals surface area contributed by atoms with Crippen LogP contribution in [-0.4, -0.2) is 11.2 Å². The highest BCUT2D eigenvalue weighted by molar-refractivity contribution is 5.35. The quantitative estimate of drug-likeness (QED) is 0.797. The van der Waals surface area contributed by atoms with Crippen LogP contribution in [0.1, 0.15) is 37.9 Å². The normalized spacial score (nSPS) is 18.7. The van der Waals surface area contributed by atoms with Gasteiger partial charge < -0.3 is 9.84 Å². The standard InChI is InChI=1S/C12H16O2/c1-9(13)11-7-2-3-8-12(11)14-10-5-4-6-10/h2-3,7-10,13H,4-6H2,1H3. The molecule has 1 aliphatic carbocycles. The second-order valence-corrected chi connectivity index (χ2v) is 3.88. The maximum absolute atomic E-state index is 9.53. The summed E-state index contributed by atoms with van der Waals surface area (Å²) in [5.41, 5.74) is 0.888. The zero-order valence-corrected chi connectivity index (χ0v) is 8.44. The number of benzene rings is 1. The van der Waals surface area contributed by atoms with E-state index in [4.69, 9.17) is 4.74 Å². The second-order valence-electron chi connectivity index (χ2n) is 3.88. The third-order valence-corrected chi connectivity index (χ3v) is 2.71. The lowest BCUT2D eigenvalue weighted by Crippen LogP contribution is -2.25. The van der Waals surface area contributed by atoms with Crippen molar-refractivity contribution in [3.8, 4) is 5.75 Å². The Morgan fingerprint density at radius 1 is 1.36 bits per heavy atom. The lowest BCUT2D eigenvalue weighted by atomic mass is 9.96. The van der Waals surface area contributed by atoms with Crippen LogP contribution in [0.4, 0.5) is 0 Å². The maximum Gasteiger partial charge on any atom is 0.125 e. The van der Waals surface area contributed by atoms with E-state index in [2.05, 4.69) is 0 Å². The third kappa shape index (κ3) is 1.90. The van der Waals surface area contributed by atoms with Crippen molar-refractivity contribution in [2.45, 2.75) is 38.4 Å². The van der Waals surface area contributed by atoms with Crippen LogP contribution in [-0.2, 0) is 0 Å². The summed E-state index contributed by atoms with van der Waals surface area (Å²) in [6.07, 6.45) is 3.48. The van der Waals surface area contributed by atoms with Gasteiger partial charge in [-0.1, -0.05) is 18.2 Å². The van der Waals surface area contributed by atoms with Gasteiger partial charge in [-0.15, -0.1) is 0 Å². The lowest BCUT2D eigenvalue weighted by molar-refractivity contribution is 0.112. The minimum Gasteiger partial charge on any atom is -0.490 e. The molecule has 1 aliphatic rings. The first-order valence-corrected chi connectivity index (χ1v) is 5.21. The number of hydrogen-bond acceptors (Lipinski definition) is 2. The van der Waals surface area contributed by atoms with Gasteiger partial charge in [-0.2, -0.15) is 0 Å². The van der Waals surface area contributed by atoms with Crippen molar-refractivity contribution in [3.63, 3.8) is 0 Å². The molecule has 0 spiro atoms. The Bertz CT molecular complexity index is 303. The fraction of sp³-hybridized carbons (Fsp3) is 0.500. The summed E-state index contributed by atoms with van der Waals surface area (Å²) in [5.74, 6) is 0.840. The monoisotopic (exact) mass is 192 g/mol. The highest BCUT2D eigenvalue weighted by atomic mass is 16.5. The molecule has 1 unspecified atom stereocenters. The number of para-hydroxylation sites is 1. The Morgan fingerprint density at radius 2 is 2.07 bits per heavy atom. The maximum atomic E-state index is 9.53. The van der Waals surface area contributed by atoms with Crippen molar-refractivity contribution in [2.24, 2.45) is 0 Å². The van der Waals surface area contributed by atoms with Crippen LogP contribution in [0.25, 0.3) is 0 Å². The molecule has 2 heteroatoms. The summed E-state index contributed by atoms with van der Waals surface area (Å²) in [6.45, 7) is 1.77. The van der Waals surface area contributed by atoms with E-state index in [-0.39, 0.29) is 0 Å². The molecule has 14 heavy (non-hydrogen) atoms. The fourth-order valence-electron chi connectivity index (χ4n) is 1.60. The first kappa shape index (κ1) is 9.53. The molecule has 0 bridgehead atoms. The van der Waals surface area contributed by atoms with Crippen LogP contribution in [0.15, 0.2) is 24.3 Å². The van der Waals surface area contributed by atoms with Crippen molar-refractivity contribution in [1.29, 1.82) is 0 Å². The molecule has 76 valence electrons. The van der Waals surface area contributed by atoms with Crippen molar-refractivity contribution < 1.29 is 9.84 Å². The molecule has 0 saturated heterocycles. The molecule has 1 saturated carbocycles. The van der Waals surface area contributed by atoms with Crippen LogP contribution >= 0.6 is 0 Å². The lowest BCUT2D eigenvalue weighted by Gasteiger charge is -2.27. The number of hydrogen-bond donors (Lipinski definition) is 1. The van der Waals surface area contributed by atoms with Crippen LogP contribution in [0.2, 0.25) is 0 Å². The number of rotatable bonds is 3. The van der Waals surface area contributed by atoms with Crippen molar-refractivity contribution in [3.05, 3.63) is 29.8 Å². The Hall–Kier alpha value is -1.02. The van der Waals surface area contributed by atoms with Crippen molar-refractivity contribution in [1.82, 2.24) is 0 Å². The van der Waals surface area contributed by atoms with Crippen LogP contribution < -0.4 is 4.74 Å². The van der Waals surface area contributed by atoms with E-state index in [1.165, 1.54) is 6.42 Å². The molecule has 1 fully saturated rings. The van der Waals surface area contributed by atoms with E-state index in [0.29, 0.717) is 6.10 Å². The topological polar surface area (TPSA) is 29.5 Å². The van der Waals surface area contributed by atoms with E-state index in [9.17, 15) is 5.11 Å². The molecule has 2 nitrogen and oxygen atoms in total. The number of aliphatic hydroxyl groups is 1. The Kier molecular flexibility index (Phi) is 2.73. The van der Waals surface area contributed by atoms with Gasteiger partial charge in [-0.3, -0.25) is 0 Å². The number of aliphatic hydroxyl groups excluding tert-OH is 1. The predicted octanol–water partition coefficient (Wildman–Crippen LogP) is 2.67. The molecular weight excluding hydrogens is 176 g/mol. The summed E-state index contributed by atoms with van der Waals surface area (Å²) < 4.78 is 5.78. The Balaban J connectivity index is 2.13. The first-order chi connectivity index (χ1) is 6.77. The summed E-state index contributed by atoms with van der Waals surface area (Å²) in [7, 11) is 0. The summed E-state index contributed by atoms with van der Waals surface area (Å²) in [6, 6.07) is 7.72. The van der Waals surface area contributed by atoms with Gasteiger partial charge in [0.15, 0.2) is 0 Å². The third-order valence-electron chi connectivity index (χ3n) is 2.71. The van der Waals surface area contributed by atoms with Crippen molar-refractivity contribution >= 4 is 0 Å². The van der Waals surface area contributed by atoms with E-state index >= 15 is 0 Å². The average molecular weight is 192 g/mol. The molecule has 1 aromatic carbocycles. The van der Waals surface area contributed by atoms with Gasteiger partial charge in [0.05, 0.1) is 12.2 Å². The molecule has 0 aliphatic heterocycles. The van der Waals surface area contributed by atoms with Crippen LogP contribution in [0.5, 0.6) is 5.75 Å². The molecule has 1 aromatic rings. The Morgan fingerprint density at radius 3 is 2.64 bits per heavy atom. The van der Waals surface area contributed by atoms with Gasteiger partial charge >= 0.3 is 0 Å². The van der Waals surface area contributed by atoms with E-state index in [1.807, 2.05) is 24.3 Å². The Labute approximate surface area is 84.5 Å². The van der Waals surface area contributed by atoms with Gasteiger partial charge in [-0.05, 0) is 32.3 Å². The summed E-state index contributed by atoms with van der Waals surface area (Å²) in [4.78, 5) is 0. The highest BCUT2D eigenvalue weighted by Gasteiger charge is 2.20. The van der Waals surface area contributed by atoms with E-state index in [1.54, 1.807) is 6.92 Å². The fourth-order valence-corrected chi connectivity index (χ4v) is 1.60. The largest absolute Gasteiger partial charge is 0.490 e. The SMILES string of the molecule is CC(O)c1ccccc1OC1CCC1. The second kappa shape index (κ2) is 4.01. The summed E-state index contributed by atoms with van der Waals surface area (Å²) >= 11 is 0. The van der Waals surface area contributed by atoms with Gasteiger partial charge in [-0.25, -0.2) is 0 Å². The summed E-state index contributed by atoms with van der Waals surface area (Å²) in [5, 5.41) is 9.53. The van der Waals surface area contributed by atoms with Crippen molar-refractivity contribution in [2.75, 3.05) is 0 Å². The minimum absolute atomic E-state index is 0.370. The smallest absolute Gasteiger partial charge is 0.125 e. The minimum atomic E-state index is -0.453. The van der Waals surface area contributed by atoms with E-state index < -0.39 is 6.10 Å². The van der Waals surface area contributed by atoms with Gasteiger partial charge in [0, 0.05) is 5.56 Å². The highest BCUT2D eigenvalue weighted by Crippen LogP contribution is 2.30. The molecule has 0 aromatic heterocycles. The van der Waals surface area contributed by atoms with E-state index in [0.717, 1.165) is 24.2 Å². The average Bonchev–Trinajstić information content (AvgIpc) is 2.12. The number of ether oxygens (including phenoxy) is 1.